The van der Waals surface area contributed by atoms with Crippen molar-refractivity contribution in [1.82, 2.24) is 10.6 Å². The molecule has 5 heteroatoms. The van der Waals surface area contributed by atoms with Gasteiger partial charge in [0.15, 0.2) is 5.96 Å². The summed E-state index contributed by atoms with van der Waals surface area (Å²) in [6, 6.07) is 8.20. The van der Waals surface area contributed by atoms with Gasteiger partial charge in [-0.15, -0.1) is 24.0 Å². The first kappa shape index (κ1) is 19.1. The molecule has 124 valence electrons. The zero-order chi connectivity index (χ0) is 14.9. The first-order chi connectivity index (χ1) is 10.3. The van der Waals surface area contributed by atoms with Crippen LogP contribution in [0.4, 0.5) is 0 Å². The topological polar surface area (TPSA) is 45.7 Å². The van der Waals surface area contributed by atoms with Gasteiger partial charge in [-0.25, -0.2) is 4.99 Å². The predicted molar refractivity (Wildman–Crippen MR) is 103 cm³/mol. The number of para-hydroxylation sites is 1. The zero-order valence-electron chi connectivity index (χ0n) is 13.6. The lowest BCUT2D eigenvalue weighted by Gasteiger charge is -2.12. The molecule has 22 heavy (non-hydrogen) atoms. The molecule has 1 aliphatic rings. The molecule has 1 aliphatic carbocycles. The largest absolute Gasteiger partial charge is 0.493 e. The van der Waals surface area contributed by atoms with Crippen molar-refractivity contribution in [2.24, 2.45) is 10.9 Å². The minimum Gasteiger partial charge on any atom is -0.493 e. The number of hydrogen-bond acceptors (Lipinski definition) is 2. The van der Waals surface area contributed by atoms with Crippen LogP contribution in [-0.2, 0) is 6.54 Å². The van der Waals surface area contributed by atoms with Gasteiger partial charge in [0.1, 0.15) is 5.75 Å². The Morgan fingerprint density at radius 3 is 2.68 bits per heavy atom. The van der Waals surface area contributed by atoms with E-state index < -0.39 is 0 Å². The summed E-state index contributed by atoms with van der Waals surface area (Å²) in [4.78, 5) is 4.64. The zero-order valence-corrected chi connectivity index (χ0v) is 15.9. The highest BCUT2D eigenvalue weighted by Crippen LogP contribution is 2.30. The Bertz CT molecular complexity index is 461. The van der Waals surface area contributed by atoms with Gasteiger partial charge in [0.2, 0.25) is 0 Å². The number of hydrogen-bond donors (Lipinski definition) is 2. The van der Waals surface area contributed by atoms with Crippen LogP contribution in [0.5, 0.6) is 5.75 Å². The number of guanidine groups is 1. The van der Waals surface area contributed by atoms with Gasteiger partial charge < -0.3 is 15.4 Å². The van der Waals surface area contributed by atoms with Gasteiger partial charge in [0.25, 0.3) is 0 Å². The van der Waals surface area contributed by atoms with Crippen LogP contribution < -0.4 is 15.4 Å². The first-order valence-corrected chi connectivity index (χ1v) is 8.06. The summed E-state index contributed by atoms with van der Waals surface area (Å²) in [6.07, 6.45) is 3.71. The molecule has 2 N–H and O–H groups in total. The summed E-state index contributed by atoms with van der Waals surface area (Å²) < 4.78 is 5.92. The van der Waals surface area contributed by atoms with Gasteiger partial charge in [0.05, 0.1) is 13.2 Å². The fourth-order valence-electron chi connectivity index (χ4n) is 2.02. The van der Waals surface area contributed by atoms with E-state index in [4.69, 9.17) is 4.74 Å². The van der Waals surface area contributed by atoms with Gasteiger partial charge in [-0.3, -0.25) is 0 Å². The molecule has 2 rings (SSSR count). The smallest absolute Gasteiger partial charge is 0.191 e. The van der Waals surface area contributed by atoms with Crippen LogP contribution in [0.2, 0.25) is 0 Å². The standard InChI is InChI=1S/C17H27N3O.HI/c1-3-11-19-17(18-4-2)20-12-15-7-5-6-8-16(15)21-13-14-9-10-14;/h5-8,14H,3-4,9-13H2,1-2H3,(H2,18,19,20);1H. The Kier molecular flexibility index (Phi) is 9.27. The Morgan fingerprint density at radius 2 is 2.00 bits per heavy atom. The highest BCUT2D eigenvalue weighted by Gasteiger charge is 2.22. The number of aliphatic imine (C=N–C) groups is 1. The molecule has 1 fully saturated rings. The van der Waals surface area contributed by atoms with E-state index in [1.54, 1.807) is 0 Å². The molecule has 0 atom stereocenters. The SMILES string of the molecule is CCCNC(=NCc1ccccc1OCC1CC1)NCC.I. The molecular weight excluding hydrogens is 389 g/mol. The highest BCUT2D eigenvalue weighted by atomic mass is 127. The van der Waals surface area contributed by atoms with E-state index in [1.807, 2.05) is 18.2 Å². The lowest BCUT2D eigenvalue weighted by molar-refractivity contribution is 0.297. The minimum absolute atomic E-state index is 0. The van der Waals surface area contributed by atoms with Crippen molar-refractivity contribution in [2.75, 3.05) is 19.7 Å². The average Bonchev–Trinajstić information content (AvgIpc) is 3.33. The van der Waals surface area contributed by atoms with Crippen molar-refractivity contribution in [1.29, 1.82) is 0 Å². The molecule has 1 aromatic carbocycles. The molecule has 0 aliphatic heterocycles. The van der Waals surface area contributed by atoms with Crippen LogP contribution in [-0.4, -0.2) is 25.7 Å². The molecule has 0 amide bonds. The summed E-state index contributed by atoms with van der Waals surface area (Å²) in [5, 5.41) is 6.58. The maximum Gasteiger partial charge on any atom is 0.191 e. The van der Waals surface area contributed by atoms with E-state index in [2.05, 4.69) is 35.5 Å². The fourth-order valence-corrected chi connectivity index (χ4v) is 2.02. The molecule has 0 unspecified atom stereocenters. The van der Waals surface area contributed by atoms with Crippen LogP contribution >= 0.6 is 24.0 Å². The van der Waals surface area contributed by atoms with Crippen molar-refractivity contribution in [3.63, 3.8) is 0 Å². The third-order valence-electron chi connectivity index (χ3n) is 3.44. The van der Waals surface area contributed by atoms with Crippen molar-refractivity contribution in [2.45, 2.75) is 39.7 Å². The molecule has 1 saturated carbocycles. The van der Waals surface area contributed by atoms with Gasteiger partial charge in [-0.1, -0.05) is 25.1 Å². The molecule has 0 spiro atoms. The summed E-state index contributed by atoms with van der Waals surface area (Å²) in [5.74, 6) is 2.61. The summed E-state index contributed by atoms with van der Waals surface area (Å²) in [5.41, 5.74) is 1.15. The lowest BCUT2D eigenvalue weighted by Crippen LogP contribution is -2.37. The number of benzene rings is 1. The number of rotatable bonds is 8. The maximum absolute atomic E-state index is 5.92. The first-order valence-electron chi connectivity index (χ1n) is 8.06. The van der Waals surface area contributed by atoms with Crippen LogP contribution in [0.3, 0.4) is 0 Å². The molecule has 4 nitrogen and oxygen atoms in total. The third kappa shape index (κ3) is 6.85. The second kappa shape index (κ2) is 10.7. The van der Waals surface area contributed by atoms with E-state index in [0.717, 1.165) is 49.3 Å². The van der Waals surface area contributed by atoms with Crippen molar-refractivity contribution < 1.29 is 4.74 Å². The van der Waals surface area contributed by atoms with E-state index in [-0.39, 0.29) is 24.0 Å². The second-order valence-electron chi connectivity index (χ2n) is 5.48. The molecule has 0 saturated heterocycles. The Hall–Kier alpha value is -0.980. The molecule has 0 bridgehead atoms. The Balaban J connectivity index is 0.00000242. The predicted octanol–water partition coefficient (Wildman–Crippen LogP) is 3.56. The number of ether oxygens (including phenoxy) is 1. The van der Waals surface area contributed by atoms with Crippen LogP contribution in [0.1, 0.15) is 38.7 Å². The Labute approximate surface area is 151 Å². The van der Waals surface area contributed by atoms with Gasteiger partial charge in [-0.05, 0) is 38.2 Å². The fraction of sp³-hybridized carbons (Fsp3) is 0.588. The molecule has 0 aromatic heterocycles. The molecule has 0 heterocycles. The number of nitrogens with zero attached hydrogens (tertiary/aromatic N) is 1. The average molecular weight is 417 g/mol. The molecule has 0 radical (unpaired) electrons. The summed E-state index contributed by atoms with van der Waals surface area (Å²) >= 11 is 0. The second-order valence-corrected chi connectivity index (χ2v) is 5.48. The normalized spacial score (nSPS) is 14.2. The highest BCUT2D eigenvalue weighted by molar-refractivity contribution is 14.0. The third-order valence-corrected chi connectivity index (χ3v) is 3.44. The van der Waals surface area contributed by atoms with Gasteiger partial charge in [-0.2, -0.15) is 0 Å². The number of halogens is 1. The quantitative estimate of drug-likeness (QED) is 0.386. The van der Waals surface area contributed by atoms with Crippen LogP contribution in [0.25, 0.3) is 0 Å². The molecule has 1 aromatic rings. The van der Waals surface area contributed by atoms with Gasteiger partial charge >= 0.3 is 0 Å². The van der Waals surface area contributed by atoms with E-state index in [1.165, 1.54) is 12.8 Å². The van der Waals surface area contributed by atoms with E-state index in [9.17, 15) is 0 Å². The number of nitrogens with one attached hydrogen (secondary N) is 2. The van der Waals surface area contributed by atoms with Gasteiger partial charge in [0, 0.05) is 18.7 Å². The minimum atomic E-state index is 0. The monoisotopic (exact) mass is 417 g/mol. The summed E-state index contributed by atoms with van der Waals surface area (Å²) in [7, 11) is 0. The van der Waals surface area contributed by atoms with Crippen LogP contribution in [0.15, 0.2) is 29.3 Å². The van der Waals surface area contributed by atoms with Crippen molar-refractivity contribution >= 4 is 29.9 Å². The Morgan fingerprint density at radius 1 is 1.23 bits per heavy atom. The maximum atomic E-state index is 5.92. The summed E-state index contributed by atoms with van der Waals surface area (Å²) in [6.45, 7) is 7.52. The lowest BCUT2D eigenvalue weighted by atomic mass is 10.2. The van der Waals surface area contributed by atoms with E-state index in [0.29, 0.717) is 6.54 Å². The van der Waals surface area contributed by atoms with Crippen molar-refractivity contribution in [3.05, 3.63) is 29.8 Å². The van der Waals surface area contributed by atoms with Crippen LogP contribution in [0, 0.1) is 5.92 Å². The van der Waals surface area contributed by atoms with Crippen molar-refractivity contribution in [3.8, 4) is 5.75 Å². The van der Waals surface area contributed by atoms with E-state index >= 15 is 0 Å². The molecular formula is C17H28IN3O.